The minimum atomic E-state index is 0.393. The van der Waals surface area contributed by atoms with E-state index in [-0.39, 0.29) is 0 Å². The number of rotatable bonds is 3. The molecule has 82 valence electrons. The maximum absolute atomic E-state index is 5.98. The second kappa shape index (κ2) is 5.48. The number of nitrogens with zero attached hydrogens (tertiary/aromatic N) is 3. The first-order valence-electron chi connectivity index (χ1n) is 4.47. The zero-order valence-corrected chi connectivity index (χ0v) is 10.4. The van der Waals surface area contributed by atoms with Crippen LogP contribution in [0.2, 0.25) is 10.2 Å². The molecule has 0 bridgehead atoms. The van der Waals surface area contributed by atoms with E-state index >= 15 is 0 Å². The van der Waals surface area contributed by atoms with Crippen molar-refractivity contribution in [2.24, 2.45) is 0 Å². The van der Waals surface area contributed by atoms with Crippen LogP contribution in [0.15, 0.2) is 35.5 Å². The highest BCUT2D eigenvalue weighted by Gasteiger charge is 2.03. The zero-order chi connectivity index (χ0) is 11.4. The minimum Gasteiger partial charge on any atom is -0.248 e. The third-order valence-electron chi connectivity index (χ3n) is 1.77. The second-order valence-electron chi connectivity index (χ2n) is 2.93. The minimum absolute atomic E-state index is 0.393. The SMILES string of the molecule is Clc1ccc(CSc2ncccc2Cl)nn1. The molecule has 0 saturated heterocycles. The molecule has 0 spiro atoms. The summed E-state index contributed by atoms with van der Waals surface area (Å²) in [5.74, 6) is 0.668. The number of pyridine rings is 1. The van der Waals surface area contributed by atoms with E-state index in [1.165, 1.54) is 11.8 Å². The monoisotopic (exact) mass is 271 g/mol. The third-order valence-corrected chi connectivity index (χ3v) is 3.43. The van der Waals surface area contributed by atoms with E-state index in [1.54, 1.807) is 18.3 Å². The number of halogens is 2. The molecule has 16 heavy (non-hydrogen) atoms. The van der Waals surface area contributed by atoms with Crippen molar-refractivity contribution in [1.29, 1.82) is 0 Å². The van der Waals surface area contributed by atoms with Gasteiger partial charge in [0.15, 0.2) is 5.15 Å². The van der Waals surface area contributed by atoms with Crippen LogP contribution in [0.5, 0.6) is 0 Å². The summed E-state index contributed by atoms with van der Waals surface area (Å²) in [4.78, 5) is 4.17. The molecular weight excluding hydrogens is 265 g/mol. The molecule has 0 saturated carbocycles. The van der Waals surface area contributed by atoms with Gasteiger partial charge in [-0.2, -0.15) is 5.10 Å². The van der Waals surface area contributed by atoms with E-state index in [2.05, 4.69) is 15.2 Å². The first-order valence-corrected chi connectivity index (χ1v) is 6.21. The summed E-state index contributed by atoms with van der Waals surface area (Å²) in [6.45, 7) is 0. The molecule has 0 amide bonds. The van der Waals surface area contributed by atoms with E-state index in [4.69, 9.17) is 23.2 Å². The van der Waals surface area contributed by atoms with Gasteiger partial charge in [0.25, 0.3) is 0 Å². The summed E-state index contributed by atoms with van der Waals surface area (Å²) in [6.07, 6.45) is 1.71. The molecule has 2 aromatic heterocycles. The average molecular weight is 272 g/mol. The first kappa shape index (κ1) is 11.6. The van der Waals surface area contributed by atoms with Crippen LogP contribution in [0.1, 0.15) is 5.69 Å². The van der Waals surface area contributed by atoms with Crippen molar-refractivity contribution < 1.29 is 0 Å². The summed E-state index contributed by atoms with van der Waals surface area (Å²) in [5, 5.41) is 9.55. The molecule has 3 nitrogen and oxygen atoms in total. The maximum atomic E-state index is 5.98. The van der Waals surface area contributed by atoms with Gasteiger partial charge in [0.05, 0.1) is 10.7 Å². The Balaban J connectivity index is 2.02. The third kappa shape index (κ3) is 3.07. The van der Waals surface area contributed by atoms with Gasteiger partial charge in [0, 0.05) is 11.9 Å². The zero-order valence-electron chi connectivity index (χ0n) is 8.10. The molecule has 0 aliphatic rings. The van der Waals surface area contributed by atoms with Crippen LogP contribution in [0.3, 0.4) is 0 Å². The Hall–Kier alpha value is -0.840. The predicted molar refractivity (Wildman–Crippen MR) is 65.9 cm³/mol. The molecular formula is C10H7Cl2N3S. The quantitative estimate of drug-likeness (QED) is 0.802. The summed E-state index contributed by atoms with van der Waals surface area (Å²) in [7, 11) is 0. The van der Waals surface area contributed by atoms with Crippen molar-refractivity contribution in [2.45, 2.75) is 10.8 Å². The first-order chi connectivity index (χ1) is 7.75. The van der Waals surface area contributed by atoms with Gasteiger partial charge in [-0.15, -0.1) is 5.10 Å². The Labute approximate surface area is 107 Å². The van der Waals surface area contributed by atoms with Crippen LogP contribution in [-0.4, -0.2) is 15.2 Å². The van der Waals surface area contributed by atoms with E-state index in [1.807, 2.05) is 12.1 Å². The smallest absolute Gasteiger partial charge is 0.151 e. The molecule has 0 unspecified atom stereocenters. The van der Waals surface area contributed by atoms with Gasteiger partial charge < -0.3 is 0 Å². The van der Waals surface area contributed by atoms with Crippen molar-refractivity contribution in [2.75, 3.05) is 0 Å². The Morgan fingerprint density at radius 3 is 2.69 bits per heavy atom. The van der Waals surface area contributed by atoms with Crippen LogP contribution in [0, 0.1) is 0 Å². The van der Waals surface area contributed by atoms with Gasteiger partial charge in [-0.05, 0) is 24.3 Å². The largest absolute Gasteiger partial charge is 0.248 e. The van der Waals surface area contributed by atoms with Crippen LogP contribution >= 0.6 is 35.0 Å². The fourth-order valence-corrected chi connectivity index (χ4v) is 2.21. The van der Waals surface area contributed by atoms with Gasteiger partial charge in [0.2, 0.25) is 0 Å². The number of hydrogen-bond acceptors (Lipinski definition) is 4. The van der Waals surface area contributed by atoms with Gasteiger partial charge in [-0.3, -0.25) is 0 Å². The highest BCUT2D eigenvalue weighted by Crippen LogP contribution is 2.26. The molecule has 2 rings (SSSR count). The van der Waals surface area contributed by atoms with Crippen molar-refractivity contribution >= 4 is 35.0 Å². The lowest BCUT2D eigenvalue weighted by Crippen LogP contribution is -1.90. The normalized spacial score (nSPS) is 10.4. The summed E-state index contributed by atoms with van der Waals surface area (Å²) < 4.78 is 0. The Morgan fingerprint density at radius 1 is 1.12 bits per heavy atom. The summed E-state index contributed by atoms with van der Waals surface area (Å²) in [6, 6.07) is 7.16. The Kier molecular flexibility index (Phi) is 3.98. The number of thioether (sulfide) groups is 1. The van der Waals surface area contributed by atoms with Gasteiger partial charge in [0.1, 0.15) is 5.03 Å². The van der Waals surface area contributed by atoms with E-state index in [0.717, 1.165) is 10.7 Å². The number of aromatic nitrogens is 3. The summed E-state index contributed by atoms with van der Waals surface area (Å²) >= 11 is 13.1. The molecule has 0 fully saturated rings. The van der Waals surface area contributed by atoms with E-state index in [9.17, 15) is 0 Å². The molecule has 0 atom stereocenters. The van der Waals surface area contributed by atoms with Crippen LogP contribution in [-0.2, 0) is 5.75 Å². The Bertz CT molecular complexity index is 476. The maximum Gasteiger partial charge on any atom is 0.151 e. The molecule has 0 radical (unpaired) electrons. The van der Waals surface area contributed by atoms with Crippen molar-refractivity contribution in [3.63, 3.8) is 0 Å². The Morgan fingerprint density at radius 2 is 2.00 bits per heavy atom. The van der Waals surface area contributed by atoms with Crippen LogP contribution < -0.4 is 0 Å². The fraction of sp³-hybridized carbons (Fsp3) is 0.100. The van der Waals surface area contributed by atoms with E-state index < -0.39 is 0 Å². The molecule has 2 aromatic rings. The van der Waals surface area contributed by atoms with Gasteiger partial charge in [-0.1, -0.05) is 35.0 Å². The van der Waals surface area contributed by atoms with Crippen molar-refractivity contribution in [1.82, 2.24) is 15.2 Å². The highest BCUT2D eigenvalue weighted by molar-refractivity contribution is 7.98. The van der Waals surface area contributed by atoms with Crippen molar-refractivity contribution in [3.05, 3.63) is 46.3 Å². The predicted octanol–water partition coefficient (Wildman–Crippen LogP) is 3.47. The molecule has 0 aliphatic heterocycles. The fourth-order valence-electron chi connectivity index (χ4n) is 1.04. The lowest BCUT2D eigenvalue weighted by Gasteiger charge is -2.01. The summed E-state index contributed by atoms with van der Waals surface area (Å²) in [5.41, 5.74) is 0.844. The van der Waals surface area contributed by atoms with Crippen LogP contribution in [0.4, 0.5) is 0 Å². The lowest BCUT2D eigenvalue weighted by molar-refractivity contribution is 0.970. The number of hydrogen-bond donors (Lipinski definition) is 0. The van der Waals surface area contributed by atoms with Crippen LogP contribution in [0.25, 0.3) is 0 Å². The van der Waals surface area contributed by atoms with Crippen molar-refractivity contribution in [3.8, 4) is 0 Å². The molecule has 6 heteroatoms. The van der Waals surface area contributed by atoms with Gasteiger partial charge in [-0.25, -0.2) is 4.98 Å². The standard InChI is InChI=1S/C10H7Cl2N3S/c11-8-2-1-5-13-10(8)16-6-7-3-4-9(12)15-14-7/h1-5H,6H2. The second-order valence-corrected chi connectivity index (χ2v) is 4.68. The molecule has 0 N–H and O–H groups in total. The topological polar surface area (TPSA) is 38.7 Å². The average Bonchev–Trinajstić information content (AvgIpc) is 2.30. The van der Waals surface area contributed by atoms with E-state index in [0.29, 0.717) is 15.9 Å². The van der Waals surface area contributed by atoms with Gasteiger partial charge >= 0.3 is 0 Å². The molecule has 0 aliphatic carbocycles. The molecule has 0 aromatic carbocycles. The lowest BCUT2D eigenvalue weighted by atomic mass is 10.4. The molecule has 2 heterocycles. The highest BCUT2D eigenvalue weighted by atomic mass is 35.5.